The van der Waals surface area contributed by atoms with Gasteiger partial charge in [0.05, 0.1) is 6.20 Å². The first kappa shape index (κ1) is 15.2. The van der Waals surface area contributed by atoms with Crippen LogP contribution in [-0.4, -0.2) is 29.8 Å². The third-order valence-corrected chi connectivity index (χ3v) is 2.89. The lowest BCUT2D eigenvalue weighted by atomic mass is 10.2. The van der Waals surface area contributed by atoms with E-state index in [9.17, 15) is 4.79 Å². The Hall–Kier alpha value is -0.850. The molecule has 0 radical (unpaired) electrons. The SMILES string of the molecule is CC(C)(C)OC(=O)NCCNCc1ncc(Cl)s1. The summed E-state index contributed by atoms with van der Waals surface area (Å²) in [6.07, 6.45) is 1.23. The summed E-state index contributed by atoms with van der Waals surface area (Å²) >= 11 is 7.20. The lowest BCUT2D eigenvalue weighted by molar-refractivity contribution is 0.0528. The highest BCUT2D eigenvalue weighted by Gasteiger charge is 2.15. The second-order valence-corrected chi connectivity index (χ2v) is 6.41. The zero-order chi connectivity index (χ0) is 13.6. The predicted octanol–water partition coefficient (Wildman–Crippen LogP) is 2.41. The molecule has 5 nitrogen and oxygen atoms in total. The van der Waals surface area contributed by atoms with Gasteiger partial charge in [-0.1, -0.05) is 11.6 Å². The largest absolute Gasteiger partial charge is 0.444 e. The maximum atomic E-state index is 11.3. The second-order valence-electron chi connectivity index (χ2n) is 4.66. The van der Waals surface area contributed by atoms with E-state index in [0.29, 0.717) is 24.0 Å². The maximum Gasteiger partial charge on any atom is 0.407 e. The van der Waals surface area contributed by atoms with Crippen molar-refractivity contribution in [2.45, 2.75) is 32.9 Å². The van der Waals surface area contributed by atoms with Crippen LogP contribution in [0.15, 0.2) is 6.20 Å². The van der Waals surface area contributed by atoms with Crippen molar-refractivity contribution in [3.8, 4) is 0 Å². The van der Waals surface area contributed by atoms with Crippen molar-refractivity contribution >= 4 is 29.0 Å². The molecular formula is C11H18ClN3O2S. The van der Waals surface area contributed by atoms with Gasteiger partial charge in [0.1, 0.15) is 14.9 Å². The van der Waals surface area contributed by atoms with E-state index in [-0.39, 0.29) is 0 Å². The molecule has 0 saturated heterocycles. The lowest BCUT2D eigenvalue weighted by Crippen LogP contribution is -2.36. The average Bonchev–Trinajstić information content (AvgIpc) is 2.61. The third-order valence-electron chi connectivity index (χ3n) is 1.77. The highest BCUT2D eigenvalue weighted by atomic mass is 35.5. The van der Waals surface area contributed by atoms with Crippen LogP contribution in [0.5, 0.6) is 0 Å². The Balaban J connectivity index is 2.07. The summed E-state index contributed by atoms with van der Waals surface area (Å²) in [7, 11) is 0. The summed E-state index contributed by atoms with van der Waals surface area (Å²) in [5.74, 6) is 0. The highest BCUT2D eigenvalue weighted by Crippen LogP contribution is 2.17. The van der Waals surface area contributed by atoms with E-state index in [4.69, 9.17) is 16.3 Å². The van der Waals surface area contributed by atoms with Gasteiger partial charge in [0.25, 0.3) is 0 Å². The van der Waals surface area contributed by atoms with Crippen molar-refractivity contribution in [1.82, 2.24) is 15.6 Å². The molecular weight excluding hydrogens is 274 g/mol. The van der Waals surface area contributed by atoms with E-state index in [1.807, 2.05) is 20.8 Å². The number of hydrogen-bond donors (Lipinski definition) is 2. The molecule has 0 spiro atoms. The van der Waals surface area contributed by atoms with E-state index in [1.165, 1.54) is 11.3 Å². The van der Waals surface area contributed by atoms with Gasteiger partial charge in [0, 0.05) is 19.6 Å². The van der Waals surface area contributed by atoms with E-state index < -0.39 is 11.7 Å². The number of amides is 1. The predicted molar refractivity (Wildman–Crippen MR) is 73.1 cm³/mol. The summed E-state index contributed by atoms with van der Waals surface area (Å²) in [6, 6.07) is 0. The Morgan fingerprint density at radius 2 is 2.22 bits per heavy atom. The number of alkyl carbamates (subject to hydrolysis) is 1. The van der Waals surface area contributed by atoms with Gasteiger partial charge in [-0.25, -0.2) is 9.78 Å². The van der Waals surface area contributed by atoms with Crippen molar-refractivity contribution < 1.29 is 9.53 Å². The van der Waals surface area contributed by atoms with Crippen LogP contribution in [0.4, 0.5) is 4.79 Å². The van der Waals surface area contributed by atoms with Gasteiger partial charge in [-0.05, 0) is 20.8 Å². The third kappa shape index (κ3) is 6.78. The fraction of sp³-hybridized carbons (Fsp3) is 0.636. The van der Waals surface area contributed by atoms with E-state index in [0.717, 1.165) is 5.01 Å². The molecule has 0 unspecified atom stereocenters. The molecule has 0 fully saturated rings. The molecule has 1 heterocycles. The molecule has 0 aromatic carbocycles. The van der Waals surface area contributed by atoms with Crippen LogP contribution in [0.2, 0.25) is 4.34 Å². The van der Waals surface area contributed by atoms with Gasteiger partial charge < -0.3 is 15.4 Å². The molecule has 18 heavy (non-hydrogen) atoms. The maximum absolute atomic E-state index is 11.3. The summed E-state index contributed by atoms with van der Waals surface area (Å²) < 4.78 is 5.78. The van der Waals surface area contributed by atoms with Gasteiger partial charge in [0.15, 0.2) is 0 Å². The number of nitrogens with one attached hydrogen (secondary N) is 2. The average molecular weight is 292 g/mol. The van der Waals surface area contributed by atoms with Gasteiger partial charge in [-0.3, -0.25) is 0 Å². The normalized spacial score (nSPS) is 11.3. The minimum Gasteiger partial charge on any atom is -0.444 e. The summed E-state index contributed by atoms with van der Waals surface area (Å²) in [5, 5.41) is 6.74. The summed E-state index contributed by atoms with van der Waals surface area (Å²) in [6.45, 7) is 7.29. The van der Waals surface area contributed by atoms with Crippen LogP contribution in [0.3, 0.4) is 0 Å². The molecule has 0 aliphatic rings. The van der Waals surface area contributed by atoms with Gasteiger partial charge in [0.2, 0.25) is 0 Å². The molecule has 2 N–H and O–H groups in total. The smallest absolute Gasteiger partial charge is 0.407 e. The Morgan fingerprint density at radius 3 is 2.78 bits per heavy atom. The molecule has 102 valence electrons. The van der Waals surface area contributed by atoms with Crippen molar-refractivity contribution in [3.05, 3.63) is 15.5 Å². The number of aromatic nitrogens is 1. The van der Waals surface area contributed by atoms with Crippen molar-refractivity contribution in [1.29, 1.82) is 0 Å². The molecule has 0 aliphatic carbocycles. The standard InChI is InChI=1S/C11H18ClN3O2S/c1-11(2,3)17-10(16)14-5-4-13-7-9-15-6-8(12)18-9/h6,13H,4-5,7H2,1-3H3,(H,14,16). The van der Waals surface area contributed by atoms with Gasteiger partial charge in [-0.2, -0.15) is 0 Å². The Kier molecular flexibility index (Phi) is 5.84. The number of hydrogen-bond acceptors (Lipinski definition) is 5. The number of rotatable bonds is 5. The molecule has 0 saturated carbocycles. The molecule has 0 atom stereocenters. The highest BCUT2D eigenvalue weighted by molar-refractivity contribution is 7.15. The minimum absolute atomic E-state index is 0.401. The summed E-state index contributed by atoms with van der Waals surface area (Å²) in [5.41, 5.74) is -0.463. The Labute approximate surface area is 116 Å². The fourth-order valence-corrected chi connectivity index (χ4v) is 2.06. The van der Waals surface area contributed by atoms with Crippen molar-refractivity contribution in [2.24, 2.45) is 0 Å². The first-order valence-corrected chi connectivity index (χ1v) is 6.84. The van der Waals surface area contributed by atoms with Crippen LogP contribution < -0.4 is 10.6 Å². The lowest BCUT2D eigenvalue weighted by Gasteiger charge is -2.19. The van der Waals surface area contributed by atoms with Crippen LogP contribution in [0.25, 0.3) is 0 Å². The number of halogens is 1. The van der Waals surface area contributed by atoms with Gasteiger partial charge >= 0.3 is 6.09 Å². The second kappa shape index (κ2) is 6.92. The quantitative estimate of drug-likeness (QED) is 0.818. The zero-order valence-electron chi connectivity index (χ0n) is 10.7. The molecule has 7 heteroatoms. The van der Waals surface area contributed by atoms with E-state index in [2.05, 4.69) is 15.6 Å². The molecule has 0 aliphatic heterocycles. The molecule has 1 aromatic heterocycles. The van der Waals surface area contributed by atoms with E-state index in [1.54, 1.807) is 6.20 Å². The van der Waals surface area contributed by atoms with E-state index >= 15 is 0 Å². The first-order chi connectivity index (χ1) is 8.37. The minimum atomic E-state index is -0.463. The van der Waals surface area contributed by atoms with Crippen molar-refractivity contribution in [2.75, 3.05) is 13.1 Å². The van der Waals surface area contributed by atoms with Crippen LogP contribution in [0, 0.1) is 0 Å². The monoisotopic (exact) mass is 291 g/mol. The molecule has 1 rings (SSSR count). The number of nitrogens with zero attached hydrogens (tertiary/aromatic N) is 1. The number of thiazole rings is 1. The van der Waals surface area contributed by atoms with Crippen LogP contribution in [0.1, 0.15) is 25.8 Å². The van der Waals surface area contributed by atoms with Crippen molar-refractivity contribution in [3.63, 3.8) is 0 Å². The van der Waals surface area contributed by atoms with Gasteiger partial charge in [-0.15, -0.1) is 11.3 Å². The Morgan fingerprint density at radius 1 is 1.50 bits per heavy atom. The number of carbonyl (C=O) groups excluding carboxylic acids is 1. The molecule has 1 aromatic rings. The zero-order valence-corrected chi connectivity index (χ0v) is 12.3. The van der Waals surface area contributed by atoms with Crippen LogP contribution >= 0.6 is 22.9 Å². The van der Waals surface area contributed by atoms with Crippen LogP contribution in [-0.2, 0) is 11.3 Å². The Bertz CT molecular complexity index is 390. The number of ether oxygens (including phenoxy) is 1. The first-order valence-electron chi connectivity index (χ1n) is 5.64. The molecule has 0 bridgehead atoms. The summed E-state index contributed by atoms with van der Waals surface area (Å²) in [4.78, 5) is 15.4. The topological polar surface area (TPSA) is 63.2 Å². The molecule has 1 amide bonds. The number of carbonyl (C=O) groups is 1. The fourth-order valence-electron chi connectivity index (χ4n) is 1.13.